The number of carbonyl (C=O) groups is 2. The van der Waals surface area contributed by atoms with Crippen LogP contribution in [0.5, 0.6) is 0 Å². The molecule has 2 rings (SSSR count). The third-order valence-corrected chi connectivity index (χ3v) is 3.58. The highest BCUT2D eigenvalue weighted by molar-refractivity contribution is 5.93. The molecule has 0 aromatic carbocycles. The first-order chi connectivity index (χ1) is 11.7. The lowest BCUT2D eigenvalue weighted by atomic mass is 10.2. The van der Waals surface area contributed by atoms with E-state index in [2.05, 4.69) is 15.3 Å². The third kappa shape index (κ3) is 4.79. The number of nitrogens with one attached hydrogen (secondary N) is 1. The van der Waals surface area contributed by atoms with Crippen LogP contribution in [0.4, 0.5) is 10.7 Å². The first-order valence-electron chi connectivity index (χ1n) is 7.91. The summed E-state index contributed by atoms with van der Waals surface area (Å²) in [5.41, 5.74) is 0.428. The maximum atomic E-state index is 12.4. The molecule has 9 nitrogen and oxygen atoms in total. The molecule has 0 bridgehead atoms. The Labute approximate surface area is 140 Å². The fraction of sp³-hybridized carbons (Fsp3) is 0.600. The lowest BCUT2D eigenvalue weighted by molar-refractivity contribution is 0.0570. The van der Waals surface area contributed by atoms with Gasteiger partial charge in [0.1, 0.15) is 0 Å². The van der Waals surface area contributed by atoms with Gasteiger partial charge in [-0.3, -0.25) is 4.79 Å². The van der Waals surface area contributed by atoms with E-state index in [0.717, 1.165) is 0 Å². The lowest BCUT2D eigenvalue weighted by Gasteiger charge is -2.33. The molecule has 1 fully saturated rings. The summed E-state index contributed by atoms with van der Waals surface area (Å²) < 4.78 is 9.89. The molecule has 0 spiro atoms. The van der Waals surface area contributed by atoms with Crippen molar-refractivity contribution in [2.45, 2.75) is 6.92 Å². The minimum Gasteiger partial charge on any atom is -0.450 e. The van der Waals surface area contributed by atoms with Crippen LogP contribution in [0.2, 0.25) is 0 Å². The van der Waals surface area contributed by atoms with E-state index in [9.17, 15) is 9.59 Å². The zero-order valence-electron chi connectivity index (χ0n) is 14.0. The summed E-state index contributed by atoms with van der Waals surface area (Å²) in [6, 6.07) is 0. The molecule has 132 valence electrons. The molecule has 0 unspecified atom stereocenters. The molecule has 2 heterocycles. The van der Waals surface area contributed by atoms with E-state index in [-0.39, 0.29) is 12.0 Å². The first kappa shape index (κ1) is 17.9. The summed E-state index contributed by atoms with van der Waals surface area (Å²) >= 11 is 0. The van der Waals surface area contributed by atoms with Crippen molar-refractivity contribution < 1.29 is 19.1 Å². The molecule has 24 heavy (non-hydrogen) atoms. The van der Waals surface area contributed by atoms with Crippen molar-refractivity contribution in [1.29, 1.82) is 0 Å². The SMILES string of the molecule is CCOC(=O)N1CCN(C(=O)c2cnc(NCCOC)nc2)CC1. The normalized spacial score (nSPS) is 14.4. The minimum atomic E-state index is -0.334. The van der Waals surface area contributed by atoms with Crippen LogP contribution in [0.3, 0.4) is 0 Å². The van der Waals surface area contributed by atoms with Crippen molar-refractivity contribution in [1.82, 2.24) is 19.8 Å². The Morgan fingerprint density at radius 3 is 2.38 bits per heavy atom. The summed E-state index contributed by atoms with van der Waals surface area (Å²) in [6.07, 6.45) is 2.67. The largest absolute Gasteiger partial charge is 0.450 e. The molecule has 1 N–H and O–H groups in total. The van der Waals surface area contributed by atoms with Gasteiger partial charge in [-0.2, -0.15) is 0 Å². The van der Waals surface area contributed by atoms with Crippen LogP contribution in [-0.2, 0) is 9.47 Å². The summed E-state index contributed by atoms with van der Waals surface area (Å²) in [5, 5.41) is 2.99. The third-order valence-electron chi connectivity index (χ3n) is 3.58. The molecule has 1 aromatic heterocycles. The van der Waals surface area contributed by atoms with Crippen LogP contribution in [0.1, 0.15) is 17.3 Å². The van der Waals surface area contributed by atoms with Crippen LogP contribution in [0.25, 0.3) is 0 Å². The van der Waals surface area contributed by atoms with Gasteiger partial charge in [-0.25, -0.2) is 14.8 Å². The first-order valence-corrected chi connectivity index (χ1v) is 7.91. The average Bonchev–Trinajstić information content (AvgIpc) is 2.62. The van der Waals surface area contributed by atoms with Crippen LogP contribution in [0, 0.1) is 0 Å². The molecule has 1 aromatic rings. The molecule has 0 atom stereocenters. The Balaban J connectivity index is 1.85. The summed E-state index contributed by atoms with van der Waals surface area (Å²) in [4.78, 5) is 35.6. The summed E-state index contributed by atoms with van der Waals surface area (Å²) in [6.45, 7) is 5.11. The second-order valence-corrected chi connectivity index (χ2v) is 5.19. The molecule has 0 saturated carbocycles. The molecule has 1 saturated heterocycles. The number of rotatable bonds is 6. The molecule has 1 aliphatic heterocycles. The number of ether oxygens (including phenoxy) is 2. The number of amides is 2. The topological polar surface area (TPSA) is 96.9 Å². The Morgan fingerprint density at radius 2 is 1.79 bits per heavy atom. The van der Waals surface area contributed by atoms with Gasteiger partial charge in [0, 0.05) is 52.2 Å². The summed E-state index contributed by atoms with van der Waals surface area (Å²) in [5.74, 6) is 0.317. The Morgan fingerprint density at radius 1 is 1.17 bits per heavy atom. The molecule has 0 aliphatic carbocycles. The van der Waals surface area contributed by atoms with E-state index >= 15 is 0 Å². The second kappa shape index (κ2) is 9.02. The van der Waals surface area contributed by atoms with Gasteiger partial charge in [-0.1, -0.05) is 0 Å². The van der Waals surface area contributed by atoms with E-state index in [1.165, 1.54) is 12.4 Å². The fourth-order valence-electron chi connectivity index (χ4n) is 2.28. The van der Waals surface area contributed by atoms with Gasteiger partial charge in [0.25, 0.3) is 5.91 Å². The average molecular weight is 337 g/mol. The number of carbonyl (C=O) groups excluding carboxylic acids is 2. The number of nitrogens with zero attached hydrogens (tertiary/aromatic N) is 4. The fourth-order valence-corrected chi connectivity index (χ4v) is 2.28. The monoisotopic (exact) mass is 337 g/mol. The van der Waals surface area contributed by atoms with Crippen LogP contribution >= 0.6 is 0 Å². The maximum Gasteiger partial charge on any atom is 0.409 e. The van der Waals surface area contributed by atoms with Gasteiger partial charge in [0.05, 0.1) is 18.8 Å². The van der Waals surface area contributed by atoms with E-state index < -0.39 is 0 Å². The van der Waals surface area contributed by atoms with Crippen molar-refractivity contribution in [2.24, 2.45) is 0 Å². The van der Waals surface area contributed by atoms with E-state index in [4.69, 9.17) is 9.47 Å². The number of hydrogen-bond donors (Lipinski definition) is 1. The molecule has 9 heteroatoms. The van der Waals surface area contributed by atoms with Gasteiger partial charge in [-0.15, -0.1) is 0 Å². The van der Waals surface area contributed by atoms with Crippen molar-refractivity contribution >= 4 is 17.9 Å². The van der Waals surface area contributed by atoms with E-state index in [1.54, 1.807) is 23.8 Å². The quantitative estimate of drug-likeness (QED) is 0.753. The highest BCUT2D eigenvalue weighted by atomic mass is 16.6. The van der Waals surface area contributed by atoms with Gasteiger partial charge < -0.3 is 24.6 Å². The highest BCUT2D eigenvalue weighted by Crippen LogP contribution is 2.09. The van der Waals surface area contributed by atoms with Gasteiger partial charge >= 0.3 is 6.09 Å². The minimum absolute atomic E-state index is 0.137. The van der Waals surface area contributed by atoms with Gasteiger partial charge in [0.2, 0.25) is 5.95 Å². The number of hydrogen-bond acceptors (Lipinski definition) is 7. The van der Waals surface area contributed by atoms with Crippen molar-refractivity contribution in [3.8, 4) is 0 Å². The number of piperazine rings is 1. The van der Waals surface area contributed by atoms with Crippen LogP contribution in [-0.4, -0.2) is 84.8 Å². The molecule has 0 radical (unpaired) electrons. The molecule has 2 amide bonds. The predicted octanol–water partition coefficient (Wildman–Crippen LogP) is 0.449. The molecule has 1 aliphatic rings. The van der Waals surface area contributed by atoms with Crippen molar-refractivity contribution in [3.63, 3.8) is 0 Å². The standard InChI is InChI=1S/C15H23N5O4/c1-3-24-15(22)20-7-5-19(6-8-20)13(21)12-10-17-14(18-11-12)16-4-9-23-2/h10-11H,3-9H2,1-2H3,(H,16,17,18). The summed E-state index contributed by atoms with van der Waals surface area (Å²) in [7, 11) is 1.62. The Kier molecular flexibility index (Phi) is 6.74. The second-order valence-electron chi connectivity index (χ2n) is 5.19. The molecular formula is C15H23N5O4. The van der Waals surface area contributed by atoms with Gasteiger partial charge in [-0.05, 0) is 6.92 Å². The molecular weight excluding hydrogens is 314 g/mol. The van der Waals surface area contributed by atoms with Crippen LogP contribution in [0.15, 0.2) is 12.4 Å². The van der Waals surface area contributed by atoms with Crippen LogP contribution < -0.4 is 5.32 Å². The lowest BCUT2D eigenvalue weighted by Crippen LogP contribution is -2.50. The highest BCUT2D eigenvalue weighted by Gasteiger charge is 2.25. The van der Waals surface area contributed by atoms with E-state index in [1.807, 2.05) is 0 Å². The Hall–Kier alpha value is -2.42. The Bertz CT molecular complexity index is 543. The van der Waals surface area contributed by atoms with E-state index in [0.29, 0.717) is 57.4 Å². The van der Waals surface area contributed by atoms with Crippen molar-refractivity contribution in [3.05, 3.63) is 18.0 Å². The number of anilines is 1. The van der Waals surface area contributed by atoms with Gasteiger partial charge in [0.15, 0.2) is 0 Å². The smallest absolute Gasteiger partial charge is 0.409 e. The number of methoxy groups -OCH3 is 1. The predicted molar refractivity (Wildman–Crippen MR) is 86.9 cm³/mol. The zero-order valence-corrected chi connectivity index (χ0v) is 14.0. The van der Waals surface area contributed by atoms with Crippen molar-refractivity contribution in [2.75, 3.05) is 58.4 Å². The maximum absolute atomic E-state index is 12.4. The zero-order chi connectivity index (χ0) is 17.4. The number of aromatic nitrogens is 2.